The lowest BCUT2D eigenvalue weighted by Crippen LogP contribution is -2.52. The molecule has 48 heavy (non-hydrogen) atoms. The van der Waals surface area contributed by atoms with Crippen molar-refractivity contribution < 1.29 is 13.2 Å². The molecule has 2 aliphatic heterocycles. The molecule has 2 aliphatic rings. The first-order chi connectivity index (χ1) is 23.0. The van der Waals surface area contributed by atoms with Crippen molar-refractivity contribution in [3.63, 3.8) is 0 Å². The van der Waals surface area contributed by atoms with Crippen molar-refractivity contribution in [2.24, 2.45) is 0 Å². The summed E-state index contributed by atoms with van der Waals surface area (Å²) >= 11 is 1.58. The normalized spacial score (nSPS) is 16.9. The summed E-state index contributed by atoms with van der Waals surface area (Å²) in [6, 6.07) is 14.6. The van der Waals surface area contributed by atoms with Gasteiger partial charge in [-0.2, -0.15) is 0 Å². The molecule has 11 nitrogen and oxygen atoms in total. The maximum Gasteiger partial charge on any atom is 0.232 e. The van der Waals surface area contributed by atoms with Crippen molar-refractivity contribution in [3.05, 3.63) is 59.1 Å². The Hall–Kier alpha value is -3.65. The number of methoxy groups -OCH3 is 1. The first-order valence-corrected chi connectivity index (χ1v) is 19.4. The minimum absolute atomic E-state index is 0.239. The fourth-order valence-corrected chi connectivity index (χ4v) is 8.09. The van der Waals surface area contributed by atoms with Gasteiger partial charge in [0.05, 0.1) is 52.0 Å². The largest absolute Gasteiger partial charge is 0.494 e. The van der Waals surface area contributed by atoms with Gasteiger partial charge in [-0.1, -0.05) is 18.2 Å². The summed E-state index contributed by atoms with van der Waals surface area (Å²) in [5.41, 5.74) is 6.12. The number of hydrogen-bond donors (Lipinski definition) is 2. The maximum atomic E-state index is 12.4. The molecule has 2 aromatic carbocycles. The van der Waals surface area contributed by atoms with Crippen molar-refractivity contribution in [2.45, 2.75) is 45.2 Å². The van der Waals surface area contributed by atoms with Crippen LogP contribution in [0, 0.1) is 0 Å². The Morgan fingerprint density at radius 2 is 1.75 bits per heavy atom. The Balaban J connectivity index is 1.28. The summed E-state index contributed by atoms with van der Waals surface area (Å²) in [4.78, 5) is 17.4. The number of rotatable bonds is 11. The molecule has 2 fully saturated rings. The highest BCUT2D eigenvalue weighted by Gasteiger charge is 2.28. The van der Waals surface area contributed by atoms with Crippen molar-refractivity contribution in [3.8, 4) is 5.75 Å². The number of hydrogen-bond acceptors (Lipinski definition) is 11. The minimum Gasteiger partial charge on any atom is -0.494 e. The van der Waals surface area contributed by atoms with Crippen molar-refractivity contribution in [1.29, 1.82) is 0 Å². The third-order valence-electron chi connectivity index (χ3n) is 9.43. The Morgan fingerprint density at radius 1 is 1.02 bits per heavy atom. The lowest BCUT2D eigenvalue weighted by Gasteiger charge is -2.43. The molecular formula is C35H48N8O3S2. The third kappa shape index (κ3) is 7.64. The number of fused-ring (bicyclic) bond motifs is 1. The molecule has 258 valence electrons. The van der Waals surface area contributed by atoms with Gasteiger partial charge in [0.1, 0.15) is 5.75 Å². The number of nitrogens with zero attached hydrogens (tertiary/aromatic N) is 6. The van der Waals surface area contributed by atoms with Gasteiger partial charge in [0.15, 0.2) is 0 Å². The van der Waals surface area contributed by atoms with E-state index in [0.29, 0.717) is 24.1 Å². The van der Waals surface area contributed by atoms with Gasteiger partial charge in [0.25, 0.3) is 0 Å². The van der Waals surface area contributed by atoms with Crippen LogP contribution in [0.2, 0.25) is 0 Å². The molecular weight excluding hydrogens is 645 g/mol. The molecule has 13 heteroatoms. The number of nitrogens with one attached hydrogen (secondary N) is 2. The van der Waals surface area contributed by atoms with Crippen molar-refractivity contribution in [1.82, 2.24) is 19.8 Å². The van der Waals surface area contributed by atoms with Crippen LogP contribution < -0.4 is 24.6 Å². The number of likely N-dealkylation sites (N-methyl/N-ethyl adjacent to an activating group) is 1. The SMILES string of the molecule is COc1cc(N2CCC(N3CCN(C)CC3)CC2)c(NC(C)C)cc1Nc1nc(Cc2ccccc2N(C)S(C)(=O)=O)c2sccc2n1. The van der Waals surface area contributed by atoms with Crippen LogP contribution >= 0.6 is 11.3 Å². The van der Waals surface area contributed by atoms with Gasteiger partial charge < -0.3 is 25.2 Å². The van der Waals surface area contributed by atoms with Crippen molar-refractivity contribution >= 4 is 60.3 Å². The summed E-state index contributed by atoms with van der Waals surface area (Å²) in [5, 5.41) is 9.16. The summed E-state index contributed by atoms with van der Waals surface area (Å²) in [6.07, 6.45) is 3.96. The van der Waals surface area contributed by atoms with E-state index >= 15 is 0 Å². The topological polar surface area (TPSA) is 106 Å². The molecule has 0 unspecified atom stereocenters. The quantitative estimate of drug-likeness (QED) is 0.210. The molecule has 4 aromatic rings. The van der Waals surface area contributed by atoms with E-state index in [1.165, 1.54) is 10.6 Å². The monoisotopic (exact) mass is 692 g/mol. The zero-order valence-electron chi connectivity index (χ0n) is 28.9. The second-order valence-electron chi connectivity index (χ2n) is 13.2. The van der Waals surface area contributed by atoms with E-state index in [9.17, 15) is 8.42 Å². The highest BCUT2D eigenvalue weighted by molar-refractivity contribution is 7.92. The zero-order chi connectivity index (χ0) is 34.0. The van der Waals surface area contributed by atoms with E-state index < -0.39 is 10.0 Å². The molecule has 2 aromatic heterocycles. The summed E-state index contributed by atoms with van der Waals surface area (Å²) < 4.78 is 33.1. The summed E-state index contributed by atoms with van der Waals surface area (Å²) in [7, 11) is 2.06. The van der Waals surface area contributed by atoms with Crippen LogP contribution in [0.25, 0.3) is 10.2 Å². The van der Waals surface area contributed by atoms with Gasteiger partial charge in [-0.15, -0.1) is 11.3 Å². The molecule has 0 saturated carbocycles. The molecule has 0 radical (unpaired) electrons. The molecule has 0 spiro atoms. The number of thiophene rings is 1. The van der Waals surface area contributed by atoms with Gasteiger partial charge in [-0.3, -0.25) is 9.21 Å². The molecule has 0 atom stereocenters. The second kappa shape index (κ2) is 14.5. The number of anilines is 5. The number of sulfonamides is 1. The van der Waals surface area contributed by atoms with Gasteiger partial charge in [-0.05, 0) is 62.9 Å². The number of ether oxygens (including phenoxy) is 1. The first kappa shape index (κ1) is 34.2. The highest BCUT2D eigenvalue weighted by Crippen LogP contribution is 2.40. The molecule has 0 aliphatic carbocycles. The number of aromatic nitrogens is 2. The van der Waals surface area contributed by atoms with E-state index in [-0.39, 0.29) is 6.04 Å². The lowest BCUT2D eigenvalue weighted by atomic mass is 10.0. The summed E-state index contributed by atoms with van der Waals surface area (Å²) in [6.45, 7) is 10.9. The van der Waals surface area contributed by atoms with Gasteiger partial charge in [0.2, 0.25) is 16.0 Å². The molecule has 0 amide bonds. The van der Waals surface area contributed by atoms with Crippen LogP contribution in [0.3, 0.4) is 0 Å². The van der Waals surface area contributed by atoms with E-state index in [1.807, 2.05) is 35.7 Å². The predicted octanol–water partition coefficient (Wildman–Crippen LogP) is 5.47. The average molecular weight is 693 g/mol. The van der Waals surface area contributed by atoms with Crippen LogP contribution in [0.15, 0.2) is 47.8 Å². The fraction of sp³-hybridized carbons (Fsp3) is 0.486. The van der Waals surface area contributed by atoms with Crippen LogP contribution in [0.1, 0.15) is 37.9 Å². The average Bonchev–Trinajstić information content (AvgIpc) is 3.54. The van der Waals surface area contributed by atoms with E-state index in [4.69, 9.17) is 14.7 Å². The molecule has 0 bridgehead atoms. The molecule has 4 heterocycles. The van der Waals surface area contributed by atoms with Crippen LogP contribution in [-0.4, -0.2) is 107 Å². The maximum absolute atomic E-state index is 12.4. The molecule has 6 rings (SSSR count). The van der Waals surface area contributed by atoms with E-state index in [0.717, 1.165) is 96.4 Å². The Bertz CT molecular complexity index is 1830. The fourth-order valence-electron chi connectivity index (χ4n) is 6.73. The van der Waals surface area contributed by atoms with Crippen LogP contribution in [-0.2, 0) is 16.4 Å². The Labute approximate surface area is 289 Å². The van der Waals surface area contributed by atoms with E-state index in [2.05, 4.69) is 58.4 Å². The predicted molar refractivity (Wildman–Crippen MR) is 199 cm³/mol. The van der Waals surface area contributed by atoms with Gasteiger partial charge in [0, 0.05) is 70.9 Å². The van der Waals surface area contributed by atoms with E-state index in [1.54, 1.807) is 25.5 Å². The first-order valence-electron chi connectivity index (χ1n) is 16.7. The number of para-hydroxylation sites is 1. The second-order valence-corrected chi connectivity index (χ2v) is 16.1. The summed E-state index contributed by atoms with van der Waals surface area (Å²) in [5.74, 6) is 1.18. The van der Waals surface area contributed by atoms with Crippen molar-refractivity contribution in [2.75, 3.05) is 86.6 Å². The molecule has 2 saturated heterocycles. The highest BCUT2D eigenvalue weighted by atomic mass is 32.2. The Kier molecular flexibility index (Phi) is 10.3. The minimum atomic E-state index is -3.43. The molecule has 2 N–H and O–H groups in total. The standard InChI is InChI=1S/C35H48N8O3S2/c1-24(2)36-28-22-29(33(46-5)23-32(28)43-14-11-26(12-15-43)42-18-16-40(3)17-19-42)38-35-37-27-13-20-47-34(27)30(39-35)21-25-9-7-8-10-31(25)41(4)48(6,44)45/h7-10,13,20,22-24,26,36H,11-12,14-19,21H2,1-6H3,(H,37,38,39). The zero-order valence-corrected chi connectivity index (χ0v) is 30.5. The Morgan fingerprint density at radius 3 is 2.44 bits per heavy atom. The third-order valence-corrected chi connectivity index (χ3v) is 11.6. The number of piperazine rings is 1. The number of benzene rings is 2. The lowest BCUT2D eigenvalue weighted by molar-refractivity contribution is 0.0982. The van der Waals surface area contributed by atoms with Gasteiger partial charge >= 0.3 is 0 Å². The number of piperidine rings is 1. The van der Waals surface area contributed by atoms with Crippen LogP contribution in [0.5, 0.6) is 5.75 Å². The van der Waals surface area contributed by atoms with Crippen LogP contribution in [0.4, 0.5) is 28.7 Å². The van der Waals surface area contributed by atoms with Gasteiger partial charge in [-0.25, -0.2) is 18.4 Å². The smallest absolute Gasteiger partial charge is 0.232 e.